The van der Waals surface area contributed by atoms with Gasteiger partial charge in [-0.25, -0.2) is 0 Å². The molecule has 17 heavy (non-hydrogen) atoms. The summed E-state index contributed by atoms with van der Waals surface area (Å²) in [6.45, 7) is 1.40. The van der Waals surface area contributed by atoms with E-state index in [9.17, 15) is 4.79 Å². The predicted molar refractivity (Wildman–Crippen MR) is 64.6 cm³/mol. The Labute approximate surface area is 101 Å². The van der Waals surface area contributed by atoms with E-state index in [1.54, 1.807) is 0 Å². The number of carboxylic acids is 1. The third-order valence-electron chi connectivity index (χ3n) is 3.06. The summed E-state index contributed by atoms with van der Waals surface area (Å²) in [5, 5.41) is 12.0. The number of hydrogen-bond donors (Lipinski definition) is 2. The molecule has 1 unspecified atom stereocenters. The van der Waals surface area contributed by atoms with Gasteiger partial charge in [0, 0.05) is 18.9 Å². The highest BCUT2D eigenvalue weighted by molar-refractivity contribution is 5.68. The fraction of sp³-hybridized carbons (Fsp3) is 0.462. The average molecular weight is 235 g/mol. The number of likely N-dealkylation sites (N-methyl/N-ethyl adjacent to an activating group) is 1. The maximum absolute atomic E-state index is 10.8. The smallest absolute Gasteiger partial charge is 0.304 e. The Balaban J connectivity index is 2.20. The van der Waals surface area contributed by atoms with Crippen molar-refractivity contribution in [2.45, 2.75) is 18.8 Å². The molecule has 1 aliphatic rings. The van der Waals surface area contributed by atoms with Gasteiger partial charge in [0.05, 0.1) is 13.0 Å². The molecule has 1 aromatic carbocycles. The molecule has 0 aliphatic carbocycles. The number of aliphatic carboxylic acids is 1. The number of carbonyl (C=O) groups is 1. The number of rotatable bonds is 5. The number of fused-ring (bicyclic) bond motifs is 1. The van der Waals surface area contributed by atoms with Crippen LogP contribution in [0.5, 0.6) is 5.75 Å². The third-order valence-corrected chi connectivity index (χ3v) is 3.06. The van der Waals surface area contributed by atoms with E-state index in [-0.39, 0.29) is 12.3 Å². The van der Waals surface area contributed by atoms with Crippen LogP contribution >= 0.6 is 0 Å². The van der Waals surface area contributed by atoms with Crippen LogP contribution in [0.4, 0.5) is 0 Å². The van der Waals surface area contributed by atoms with Gasteiger partial charge in [0.25, 0.3) is 0 Å². The molecule has 0 fully saturated rings. The Hall–Kier alpha value is -1.55. The van der Waals surface area contributed by atoms with Crippen LogP contribution in [0, 0.1) is 0 Å². The van der Waals surface area contributed by atoms with E-state index in [1.807, 2.05) is 19.2 Å². The van der Waals surface area contributed by atoms with Crippen molar-refractivity contribution in [2.24, 2.45) is 0 Å². The van der Waals surface area contributed by atoms with Crippen molar-refractivity contribution in [2.75, 3.05) is 20.2 Å². The first-order valence-corrected chi connectivity index (χ1v) is 5.82. The van der Waals surface area contributed by atoms with Crippen molar-refractivity contribution in [3.8, 4) is 5.75 Å². The minimum atomic E-state index is -0.762. The van der Waals surface area contributed by atoms with Crippen molar-refractivity contribution < 1.29 is 14.6 Å². The Morgan fingerprint density at radius 1 is 1.59 bits per heavy atom. The van der Waals surface area contributed by atoms with Crippen LogP contribution in [-0.4, -0.2) is 31.3 Å². The van der Waals surface area contributed by atoms with Gasteiger partial charge in [-0.05, 0) is 24.2 Å². The summed E-state index contributed by atoms with van der Waals surface area (Å²) in [6, 6.07) is 5.99. The van der Waals surface area contributed by atoms with Gasteiger partial charge >= 0.3 is 5.97 Å². The molecule has 4 nitrogen and oxygen atoms in total. The lowest BCUT2D eigenvalue weighted by Crippen LogP contribution is -2.20. The van der Waals surface area contributed by atoms with Crippen molar-refractivity contribution in [1.82, 2.24) is 5.32 Å². The first kappa shape index (κ1) is 11.9. The van der Waals surface area contributed by atoms with Crippen LogP contribution in [0.1, 0.15) is 23.5 Å². The van der Waals surface area contributed by atoms with Crippen molar-refractivity contribution in [1.29, 1.82) is 0 Å². The van der Waals surface area contributed by atoms with Gasteiger partial charge in [-0.2, -0.15) is 0 Å². The Morgan fingerprint density at radius 3 is 3.12 bits per heavy atom. The molecule has 0 aromatic heterocycles. The highest BCUT2D eigenvalue weighted by Gasteiger charge is 2.18. The quantitative estimate of drug-likeness (QED) is 0.810. The van der Waals surface area contributed by atoms with Crippen LogP contribution in [0.3, 0.4) is 0 Å². The maximum Gasteiger partial charge on any atom is 0.304 e. The molecule has 0 saturated carbocycles. The van der Waals surface area contributed by atoms with E-state index in [2.05, 4.69) is 11.4 Å². The molecule has 2 rings (SSSR count). The lowest BCUT2D eigenvalue weighted by molar-refractivity contribution is -0.137. The summed E-state index contributed by atoms with van der Waals surface area (Å²) < 4.78 is 5.44. The molecule has 92 valence electrons. The standard InChI is InChI=1S/C13H17NO3/c1-14-8-11(7-13(15)16)9-2-3-12-10(6-9)4-5-17-12/h2-3,6,11,14H,4-5,7-8H2,1H3,(H,15,16). The van der Waals surface area contributed by atoms with Crippen LogP contribution in [0.25, 0.3) is 0 Å². The van der Waals surface area contributed by atoms with Crippen LogP contribution < -0.4 is 10.1 Å². The largest absolute Gasteiger partial charge is 0.493 e. The molecule has 4 heteroatoms. The second kappa shape index (κ2) is 5.19. The monoisotopic (exact) mass is 235 g/mol. The molecule has 1 aromatic rings. The van der Waals surface area contributed by atoms with E-state index in [0.717, 1.165) is 24.3 Å². The van der Waals surface area contributed by atoms with Crippen molar-refractivity contribution in [3.63, 3.8) is 0 Å². The second-order valence-corrected chi connectivity index (χ2v) is 4.32. The van der Waals surface area contributed by atoms with Gasteiger partial charge in [-0.15, -0.1) is 0 Å². The summed E-state index contributed by atoms with van der Waals surface area (Å²) in [7, 11) is 1.84. The lowest BCUT2D eigenvalue weighted by Gasteiger charge is -2.15. The number of nitrogens with one attached hydrogen (secondary N) is 1. The fourth-order valence-electron chi connectivity index (χ4n) is 2.23. The van der Waals surface area contributed by atoms with E-state index in [4.69, 9.17) is 9.84 Å². The zero-order valence-electron chi connectivity index (χ0n) is 9.90. The first-order valence-electron chi connectivity index (χ1n) is 5.82. The lowest BCUT2D eigenvalue weighted by atomic mass is 9.93. The average Bonchev–Trinajstić information content (AvgIpc) is 2.74. The molecule has 0 radical (unpaired) electrons. The van der Waals surface area contributed by atoms with Crippen LogP contribution in [0.2, 0.25) is 0 Å². The fourth-order valence-corrected chi connectivity index (χ4v) is 2.23. The van der Waals surface area contributed by atoms with Crippen molar-refractivity contribution >= 4 is 5.97 Å². The highest BCUT2D eigenvalue weighted by atomic mass is 16.5. The number of hydrogen-bond acceptors (Lipinski definition) is 3. The summed E-state index contributed by atoms with van der Waals surface area (Å²) in [4.78, 5) is 10.8. The van der Waals surface area contributed by atoms with Gasteiger partial charge in [0.15, 0.2) is 0 Å². The number of benzene rings is 1. The molecular formula is C13H17NO3. The molecule has 1 heterocycles. The van der Waals surface area contributed by atoms with Gasteiger partial charge in [-0.1, -0.05) is 12.1 Å². The summed E-state index contributed by atoms with van der Waals surface area (Å²) >= 11 is 0. The molecule has 0 bridgehead atoms. The van der Waals surface area contributed by atoms with Gasteiger partial charge in [-0.3, -0.25) is 4.79 Å². The number of carboxylic acid groups (broad SMARTS) is 1. The highest BCUT2D eigenvalue weighted by Crippen LogP contribution is 2.29. The summed E-state index contributed by atoms with van der Waals surface area (Å²) in [5.41, 5.74) is 2.26. The minimum absolute atomic E-state index is 0.0170. The molecule has 2 N–H and O–H groups in total. The Kier molecular flexibility index (Phi) is 3.64. The molecule has 0 saturated heterocycles. The normalized spacial score (nSPS) is 15.1. The van der Waals surface area contributed by atoms with Gasteiger partial charge in [0.2, 0.25) is 0 Å². The molecule has 0 spiro atoms. The SMILES string of the molecule is CNCC(CC(=O)O)c1ccc2c(c1)CCO2. The molecule has 1 atom stereocenters. The second-order valence-electron chi connectivity index (χ2n) is 4.32. The Morgan fingerprint density at radius 2 is 2.41 bits per heavy atom. The van der Waals surface area contributed by atoms with E-state index < -0.39 is 5.97 Å². The zero-order chi connectivity index (χ0) is 12.3. The molecule has 0 amide bonds. The van der Waals surface area contributed by atoms with E-state index in [0.29, 0.717) is 6.54 Å². The third kappa shape index (κ3) is 2.77. The van der Waals surface area contributed by atoms with Crippen LogP contribution in [0.15, 0.2) is 18.2 Å². The first-order chi connectivity index (χ1) is 8.20. The zero-order valence-corrected chi connectivity index (χ0v) is 9.90. The Bertz CT molecular complexity index is 417. The van der Waals surface area contributed by atoms with Gasteiger partial charge in [0.1, 0.15) is 5.75 Å². The summed E-state index contributed by atoms with van der Waals surface area (Å²) in [5.74, 6) is 0.192. The van der Waals surface area contributed by atoms with E-state index >= 15 is 0 Å². The number of ether oxygens (including phenoxy) is 1. The van der Waals surface area contributed by atoms with E-state index in [1.165, 1.54) is 5.56 Å². The van der Waals surface area contributed by atoms with Gasteiger partial charge < -0.3 is 15.2 Å². The van der Waals surface area contributed by atoms with Crippen LogP contribution in [-0.2, 0) is 11.2 Å². The van der Waals surface area contributed by atoms with Crippen molar-refractivity contribution in [3.05, 3.63) is 29.3 Å². The molecular weight excluding hydrogens is 218 g/mol. The minimum Gasteiger partial charge on any atom is -0.493 e. The summed E-state index contributed by atoms with van der Waals surface area (Å²) in [6.07, 6.45) is 1.07. The topological polar surface area (TPSA) is 58.6 Å². The predicted octanol–water partition coefficient (Wildman–Crippen LogP) is 1.40. The molecule has 1 aliphatic heterocycles. The maximum atomic E-state index is 10.8.